The summed E-state index contributed by atoms with van der Waals surface area (Å²) >= 11 is 0. The monoisotopic (exact) mass is 344 g/mol. The number of carbonyl (C=O) groups excluding carboxylic acids is 3. The first kappa shape index (κ1) is 17.5. The number of anilines is 1. The Morgan fingerprint density at radius 3 is 2.60 bits per heavy atom. The molecule has 6 nitrogen and oxygen atoms in total. The molecular weight excluding hydrogens is 320 g/mol. The Labute approximate surface area is 147 Å². The lowest BCUT2D eigenvalue weighted by Gasteiger charge is -2.25. The highest BCUT2D eigenvalue weighted by Gasteiger charge is 2.43. The maximum Gasteiger partial charge on any atom is 0.223 e. The summed E-state index contributed by atoms with van der Waals surface area (Å²) in [7, 11) is 0. The van der Waals surface area contributed by atoms with Crippen molar-refractivity contribution in [3.05, 3.63) is 24.3 Å². The van der Waals surface area contributed by atoms with Gasteiger partial charge in [0.05, 0.1) is 6.54 Å². The van der Waals surface area contributed by atoms with E-state index in [0.717, 1.165) is 12.8 Å². The van der Waals surface area contributed by atoms with Crippen LogP contribution in [-0.2, 0) is 14.4 Å². The van der Waals surface area contributed by atoms with E-state index in [-0.39, 0.29) is 29.6 Å². The molecule has 2 amide bonds. The molecule has 0 saturated heterocycles. The normalized spacial score (nSPS) is 24.7. The van der Waals surface area contributed by atoms with E-state index in [1.165, 1.54) is 6.92 Å². The Balaban J connectivity index is 1.41. The van der Waals surface area contributed by atoms with Crippen LogP contribution in [0.2, 0.25) is 0 Å². The zero-order chi connectivity index (χ0) is 17.8. The zero-order valence-corrected chi connectivity index (χ0v) is 14.4. The highest BCUT2D eigenvalue weighted by Crippen LogP contribution is 2.41. The summed E-state index contributed by atoms with van der Waals surface area (Å²) in [5.74, 6) is 1.06. The van der Waals surface area contributed by atoms with Gasteiger partial charge < -0.3 is 15.4 Å². The third-order valence-corrected chi connectivity index (χ3v) is 5.00. The minimum absolute atomic E-state index is 0.0278. The quantitative estimate of drug-likeness (QED) is 0.775. The summed E-state index contributed by atoms with van der Waals surface area (Å²) < 4.78 is 5.62. The fourth-order valence-corrected chi connectivity index (χ4v) is 3.84. The molecule has 25 heavy (non-hydrogen) atoms. The van der Waals surface area contributed by atoms with Crippen LogP contribution in [0.4, 0.5) is 5.69 Å². The molecule has 3 rings (SSSR count). The summed E-state index contributed by atoms with van der Waals surface area (Å²) in [6.45, 7) is 2.23. The zero-order valence-electron chi connectivity index (χ0n) is 14.4. The number of Topliss-reactive ketones (excluding diaryl/α,β-unsaturated/α-hetero) is 1. The summed E-state index contributed by atoms with van der Waals surface area (Å²) in [5.41, 5.74) is 0.677. The van der Waals surface area contributed by atoms with Gasteiger partial charge in [0, 0.05) is 36.4 Å². The third-order valence-electron chi connectivity index (χ3n) is 5.00. The van der Waals surface area contributed by atoms with Crippen molar-refractivity contribution >= 4 is 23.3 Å². The fraction of sp³-hybridized carbons (Fsp3) is 0.526. The Hall–Kier alpha value is -2.37. The second-order valence-corrected chi connectivity index (χ2v) is 6.89. The Morgan fingerprint density at radius 2 is 1.92 bits per heavy atom. The lowest BCUT2D eigenvalue weighted by molar-refractivity contribution is -0.132. The molecule has 0 spiro atoms. The van der Waals surface area contributed by atoms with Crippen LogP contribution in [0.1, 0.15) is 32.6 Å². The van der Waals surface area contributed by atoms with Gasteiger partial charge in [0.15, 0.2) is 0 Å². The first-order valence-electron chi connectivity index (χ1n) is 8.85. The second-order valence-electron chi connectivity index (χ2n) is 6.89. The van der Waals surface area contributed by atoms with E-state index in [1.54, 1.807) is 24.3 Å². The third kappa shape index (κ3) is 4.38. The average Bonchev–Trinajstić information content (AvgIpc) is 2.80. The van der Waals surface area contributed by atoms with Gasteiger partial charge in [0.1, 0.15) is 18.1 Å². The SMILES string of the molecule is CC(=O)Nc1cccc(OCCNC(=O)C2CC3CCC(C2)C3=O)c1. The molecule has 1 aromatic carbocycles. The fourth-order valence-electron chi connectivity index (χ4n) is 3.84. The molecule has 134 valence electrons. The Morgan fingerprint density at radius 1 is 1.20 bits per heavy atom. The molecular formula is C19H24N2O4. The number of nitrogens with one attached hydrogen (secondary N) is 2. The van der Waals surface area contributed by atoms with Crippen molar-refractivity contribution in [3.8, 4) is 5.75 Å². The molecule has 2 N–H and O–H groups in total. The van der Waals surface area contributed by atoms with Crippen molar-refractivity contribution in [2.45, 2.75) is 32.6 Å². The lowest BCUT2D eigenvalue weighted by Crippen LogP contribution is -2.38. The number of carbonyl (C=O) groups is 3. The van der Waals surface area contributed by atoms with Crippen LogP contribution < -0.4 is 15.4 Å². The predicted molar refractivity (Wildman–Crippen MR) is 93.2 cm³/mol. The Kier molecular flexibility index (Phi) is 5.36. The van der Waals surface area contributed by atoms with Gasteiger partial charge in [-0.15, -0.1) is 0 Å². The van der Waals surface area contributed by atoms with Crippen LogP contribution in [0.5, 0.6) is 5.75 Å². The Bertz CT molecular complexity index is 657. The van der Waals surface area contributed by atoms with Crippen molar-refractivity contribution in [1.29, 1.82) is 0 Å². The lowest BCUT2D eigenvalue weighted by atomic mass is 9.79. The van der Waals surface area contributed by atoms with Crippen LogP contribution in [0, 0.1) is 17.8 Å². The molecule has 2 saturated carbocycles. The highest BCUT2D eigenvalue weighted by atomic mass is 16.5. The van der Waals surface area contributed by atoms with Crippen LogP contribution in [0.3, 0.4) is 0 Å². The van der Waals surface area contributed by atoms with Crippen LogP contribution in [0.15, 0.2) is 24.3 Å². The van der Waals surface area contributed by atoms with Gasteiger partial charge >= 0.3 is 0 Å². The maximum atomic E-state index is 12.3. The standard InChI is InChI=1S/C19H24N2O4/c1-12(22)21-16-3-2-4-17(11-16)25-8-7-20-19(24)15-9-13-5-6-14(10-15)18(13)23/h2-4,11,13-15H,5-10H2,1H3,(H,20,24)(H,21,22). The second kappa shape index (κ2) is 7.68. The van der Waals surface area contributed by atoms with E-state index in [2.05, 4.69) is 10.6 Å². The molecule has 2 fully saturated rings. The molecule has 0 aliphatic heterocycles. The molecule has 2 atom stereocenters. The number of amides is 2. The van der Waals surface area contributed by atoms with Gasteiger partial charge in [-0.3, -0.25) is 14.4 Å². The van der Waals surface area contributed by atoms with E-state index in [9.17, 15) is 14.4 Å². The molecule has 2 bridgehead atoms. The van der Waals surface area contributed by atoms with E-state index in [0.29, 0.717) is 43.2 Å². The van der Waals surface area contributed by atoms with E-state index in [1.807, 2.05) is 0 Å². The van der Waals surface area contributed by atoms with Gasteiger partial charge in [-0.05, 0) is 37.8 Å². The van der Waals surface area contributed by atoms with Crippen molar-refractivity contribution in [2.24, 2.45) is 17.8 Å². The smallest absolute Gasteiger partial charge is 0.223 e. The molecule has 6 heteroatoms. The molecule has 0 radical (unpaired) electrons. The van der Waals surface area contributed by atoms with Crippen molar-refractivity contribution in [3.63, 3.8) is 0 Å². The highest BCUT2D eigenvalue weighted by molar-refractivity contribution is 5.89. The molecule has 0 heterocycles. The van der Waals surface area contributed by atoms with Crippen molar-refractivity contribution in [2.75, 3.05) is 18.5 Å². The first-order valence-corrected chi connectivity index (χ1v) is 8.85. The van der Waals surface area contributed by atoms with Gasteiger partial charge in [-0.2, -0.15) is 0 Å². The average molecular weight is 344 g/mol. The summed E-state index contributed by atoms with van der Waals surface area (Å²) in [6.07, 6.45) is 3.28. The number of benzene rings is 1. The summed E-state index contributed by atoms with van der Waals surface area (Å²) in [6, 6.07) is 7.13. The number of ether oxygens (including phenoxy) is 1. The first-order chi connectivity index (χ1) is 12.0. The minimum Gasteiger partial charge on any atom is -0.492 e. The van der Waals surface area contributed by atoms with Gasteiger partial charge in [0.2, 0.25) is 11.8 Å². The summed E-state index contributed by atoms with van der Waals surface area (Å²) in [4.78, 5) is 35.2. The molecule has 2 aliphatic carbocycles. The number of ketones is 1. The van der Waals surface area contributed by atoms with E-state index >= 15 is 0 Å². The number of hydrogen-bond donors (Lipinski definition) is 2. The predicted octanol–water partition coefficient (Wildman–Crippen LogP) is 2.15. The number of rotatable bonds is 6. The molecule has 0 aromatic heterocycles. The maximum absolute atomic E-state index is 12.3. The van der Waals surface area contributed by atoms with Crippen LogP contribution in [-0.4, -0.2) is 30.7 Å². The summed E-state index contributed by atoms with van der Waals surface area (Å²) in [5, 5.41) is 5.61. The minimum atomic E-state index is -0.135. The molecule has 2 unspecified atom stereocenters. The van der Waals surface area contributed by atoms with E-state index < -0.39 is 0 Å². The number of fused-ring (bicyclic) bond motifs is 2. The number of hydrogen-bond acceptors (Lipinski definition) is 4. The van der Waals surface area contributed by atoms with Crippen LogP contribution in [0.25, 0.3) is 0 Å². The van der Waals surface area contributed by atoms with Gasteiger partial charge in [0.25, 0.3) is 0 Å². The largest absolute Gasteiger partial charge is 0.492 e. The van der Waals surface area contributed by atoms with Gasteiger partial charge in [-0.25, -0.2) is 0 Å². The van der Waals surface area contributed by atoms with Crippen LogP contribution >= 0.6 is 0 Å². The van der Waals surface area contributed by atoms with Gasteiger partial charge in [-0.1, -0.05) is 6.07 Å². The molecule has 1 aromatic rings. The van der Waals surface area contributed by atoms with Crippen molar-refractivity contribution in [1.82, 2.24) is 5.32 Å². The topological polar surface area (TPSA) is 84.5 Å². The van der Waals surface area contributed by atoms with Crippen molar-refractivity contribution < 1.29 is 19.1 Å². The molecule has 2 aliphatic rings. The van der Waals surface area contributed by atoms with E-state index in [4.69, 9.17) is 4.74 Å².